The van der Waals surface area contributed by atoms with Crippen LogP contribution in [0.25, 0.3) is 22.4 Å². The van der Waals surface area contributed by atoms with Crippen LogP contribution in [0, 0.1) is 6.92 Å². The smallest absolute Gasteiger partial charge is 0.130 e. The van der Waals surface area contributed by atoms with E-state index < -0.39 is 0 Å². The largest absolute Gasteiger partial charge is 0.392 e. The Balaban J connectivity index is 1.39. The maximum Gasteiger partial charge on any atom is 0.130 e. The van der Waals surface area contributed by atoms with Crippen molar-refractivity contribution in [2.75, 3.05) is 5.32 Å². The summed E-state index contributed by atoms with van der Waals surface area (Å²) in [6.45, 7) is 4.02. The van der Waals surface area contributed by atoms with Crippen LogP contribution in [0.5, 0.6) is 0 Å². The van der Waals surface area contributed by atoms with Gasteiger partial charge in [-0.3, -0.25) is 4.98 Å². The molecule has 1 aliphatic heterocycles. The summed E-state index contributed by atoms with van der Waals surface area (Å²) in [4.78, 5) is 14.8. The molecule has 0 amide bonds. The zero-order chi connectivity index (χ0) is 22.8. The predicted octanol–water partition coefficient (Wildman–Crippen LogP) is 6.99. The van der Waals surface area contributed by atoms with Crippen LogP contribution in [-0.4, -0.2) is 20.1 Å². The molecular weight excluding hydrogens is 545 g/mol. The highest BCUT2D eigenvalue weighted by Gasteiger charge is 2.13. The first-order chi connectivity index (χ1) is 16.1. The molecule has 8 heteroatoms. The predicted molar refractivity (Wildman–Crippen MR) is 142 cm³/mol. The molecule has 1 aliphatic rings. The Morgan fingerprint density at radius 3 is 2.79 bits per heavy atom. The lowest BCUT2D eigenvalue weighted by Gasteiger charge is -2.17. The van der Waals surface area contributed by atoms with E-state index in [1.165, 1.54) is 4.90 Å². The molecule has 6 nitrogen and oxygen atoms in total. The summed E-state index contributed by atoms with van der Waals surface area (Å²) in [5.74, 6) is 1.53. The normalized spacial score (nSPS) is 13.3. The van der Waals surface area contributed by atoms with Crippen LogP contribution in [0.3, 0.4) is 0 Å². The van der Waals surface area contributed by atoms with Crippen LogP contribution in [0.1, 0.15) is 29.9 Å². The molecule has 2 N–H and O–H groups in total. The Hall–Kier alpha value is -2.69. The van der Waals surface area contributed by atoms with Crippen LogP contribution in [0.2, 0.25) is 0 Å². The van der Waals surface area contributed by atoms with Crippen molar-refractivity contribution in [2.45, 2.75) is 31.4 Å². The van der Waals surface area contributed by atoms with E-state index in [1.54, 1.807) is 6.20 Å². The van der Waals surface area contributed by atoms with Crippen molar-refractivity contribution in [3.05, 3.63) is 83.9 Å². The minimum atomic E-state index is -0.164. The molecule has 2 aromatic heterocycles. The summed E-state index contributed by atoms with van der Waals surface area (Å²) in [6, 6.07) is 18.7. The van der Waals surface area contributed by atoms with E-state index in [0.717, 1.165) is 50.8 Å². The SMILES string of the molecule is Cc1nc(N[C@@H](C)c2cccc(-c3cncc(CO)c3)c2)cc(-c2ccc3c(c2)SI=N3)n1. The number of halogens is 1. The molecule has 0 bridgehead atoms. The Kier molecular flexibility index (Phi) is 6.48. The van der Waals surface area contributed by atoms with Gasteiger partial charge in [0.25, 0.3) is 0 Å². The zero-order valence-electron chi connectivity index (χ0n) is 18.2. The second-order valence-corrected chi connectivity index (χ2v) is 11.5. The van der Waals surface area contributed by atoms with E-state index in [1.807, 2.05) is 40.3 Å². The summed E-state index contributed by atoms with van der Waals surface area (Å²) in [7, 11) is 1.86. The number of pyridine rings is 1. The molecule has 1 atom stereocenters. The van der Waals surface area contributed by atoms with Crippen molar-refractivity contribution in [3.8, 4) is 22.4 Å². The average molecular weight is 567 g/mol. The van der Waals surface area contributed by atoms with Crippen molar-refractivity contribution in [3.63, 3.8) is 0 Å². The lowest BCUT2D eigenvalue weighted by atomic mass is 10.0. The highest BCUT2D eigenvalue weighted by Crippen LogP contribution is 2.48. The Labute approximate surface area is 205 Å². The van der Waals surface area contributed by atoms with Gasteiger partial charge in [-0.1, -0.05) is 24.3 Å². The lowest BCUT2D eigenvalue weighted by molar-refractivity contribution is 0.281. The molecule has 0 spiro atoms. The summed E-state index contributed by atoms with van der Waals surface area (Å²) >= 11 is -0.164. The van der Waals surface area contributed by atoms with Crippen LogP contribution in [-0.2, 0) is 6.61 Å². The fourth-order valence-corrected chi connectivity index (χ4v) is 7.47. The highest BCUT2D eigenvalue weighted by molar-refractivity contribution is 14.2. The van der Waals surface area contributed by atoms with Gasteiger partial charge >= 0.3 is 0 Å². The van der Waals surface area contributed by atoms with Gasteiger partial charge in [-0.15, -0.1) is 0 Å². The monoisotopic (exact) mass is 567 g/mol. The van der Waals surface area contributed by atoms with E-state index in [9.17, 15) is 5.11 Å². The first-order valence-corrected chi connectivity index (χ1v) is 14.9. The molecule has 0 unspecified atom stereocenters. The third kappa shape index (κ3) is 4.97. The van der Waals surface area contributed by atoms with Crippen molar-refractivity contribution in [1.82, 2.24) is 15.0 Å². The second-order valence-electron chi connectivity index (χ2n) is 7.83. The van der Waals surface area contributed by atoms with Crippen LogP contribution in [0.4, 0.5) is 11.5 Å². The number of aliphatic hydroxyl groups excluding tert-OH is 1. The Bertz CT molecular complexity index is 1360. The molecule has 33 heavy (non-hydrogen) atoms. The number of fused-ring (bicyclic) bond motifs is 1. The van der Waals surface area contributed by atoms with E-state index in [4.69, 9.17) is 0 Å². The standard InChI is InChI=1S/C25H22IN5OS/c1-15(18-4-3-5-19(9-18)21-8-17(14-32)12-27-13-21)28-25-11-23(29-16(2)30-25)20-6-7-22-24(10-20)33-26-31-22/h3-13,15,32H,14H2,1-2H3,(H,28,29,30)/t15-/m0/s1. The van der Waals surface area contributed by atoms with Crippen molar-refractivity contribution < 1.29 is 5.11 Å². The number of aromatic nitrogens is 3. The molecule has 0 radical (unpaired) electrons. The van der Waals surface area contributed by atoms with Gasteiger partial charge in [0.15, 0.2) is 0 Å². The number of rotatable bonds is 6. The molecule has 4 aromatic rings. The molecule has 0 saturated carbocycles. The number of nitrogens with one attached hydrogen (secondary N) is 1. The molecule has 0 fully saturated rings. The van der Waals surface area contributed by atoms with Gasteiger partial charge in [0, 0.05) is 40.5 Å². The summed E-state index contributed by atoms with van der Waals surface area (Å²) in [5.41, 5.74) is 7.08. The van der Waals surface area contributed by atoms with E-state index >= 15 is 0 Å². The van der Waals surface area contributed by atoms with Gasteiger partial charge in [-0.2, -0.15) is 0 Å². The topological polar surface area (TPSA) is 83.3 Å². The molecule has 3 heterocycles. The number of hydrogen-bond acceptors (Lipinski definition) is 7. The van der Waals surface area contributed by atoms with E-state index in [2.05, 4.69) is 66.7 Å². The Morgan fingerprint density at radius 2 is 1.91 bits per heavy atom. The van der Waals surface area contributed by atoms with Crippen LogP contribution < -0.4 is 5.32 Å². The number of aliphatic hydroxyl groups is 1. The van der Waals surface area contributed by atoms with Gasteiger partial charge in [-0.05, 0) is 63.7 Å². The van der Waals surface area contributed by atoms with Gasteiger partial charge in [0.1, 0.15) is 11.6 Å². The summed E-state index contributed by atoms with van der Waals surface area (Å²) in [5, 5.41) is 13.0. The summed E-state index contributed by atoms with van der Waals surface area (Å²) < 4.78 is 4.59. The number of nitrogens with zero attached hydrogens (tertiary/aromatic N) is 4. The summed E-state index contributed by atoms with van der Waals surface area (Å²) in [6.07, 6.45) is 3.50. The van der Waals surface area contributed by atoms with Gasteiger partial charge < -0.3 is 10.4 Å². The molecular formula is C25H22IN5OS. The average Bonchev–Trinajstić information content (AvgIpc) is 3.32. The quantitative estimate of drug-likeness (QED) is 0.245. The first-order valence-electron chi connectivity index (χ1n) is 10.5. The fraction of sp³-hybridized carbons (Fsp3) is 0.160. The number of aryl methyl sites for hydroxylation is 1. The maximum absolute atomic E-state index is 9.42. The van der Waals surface area contributed by atoms with E-state index in [0.29, 0.717) is 0 Å². The first kappa shape index (κ1) is 22.1. The minimum absolute atomic E-state index is 0.0207. The molecule has 2 aromatic carbocycles. The molecule has 0 aliphatic carbocycles. The lowest BCUT2D eigenvalue weighted by Crippen LogP contribution is -2.09. The van der Waals surface area contributed by atoms with Crippen LogP contribution in [0.15, 0.2) is 75.0 Å². The van der Waals surface area contributed by atoms with Crippen molar-refractivity contribution in [2.24, 2.45) is 3.15 Å². The molecule has 166 valence electrons. The van der Waals surface area contributed by atoms with Gasteiger partial charge in [-0.25, -0.2) is 13.1 Å². The number of hydrogen-bond donors (Lipinski definition) is 2. The maximum atomic E-state index is 9.42. The number of anilines is 1. The third-order valence-corrected chi connectivity index (χ3v) is 9.15. The minimum Gasteiger partial charge on any atom is -0.392 e. The molecule has 5 rings (SSSR count). The third-order valence-electron chi connectivity index (χ3n) is 5.40. The van der Waals surface area contributed by atoms with Crippen molar-refractivity contribution >= 4 is 40.1 Å². The van der Waals surface area contributed by atoms with E-state index in [-0.39, 0.29) is 32.3 Å². The van der Waals surface area contributed by atoms with Crippen LogP contribution >= 0.6 is 28.6 Å². The fourth-order valence-electron chi connectivity index (χ4n) is 3.71. The highest BCUT2D eigenvalue weighted by atomic mass is 127. The van der Waals surface area contributed by atoms with Crippen molar-refractivity contribution in [1.29, 1.82) is 0 Å². The number of benzene rings is 2. The molecule has 0 saturated heterocycles. The Morgan fingerprint density at radius 1 is 1.00 bits per heavy atom. The second kappa shape index (κ2) is 9.66. The van der Waals surface area contributed by atoms with Gasteiger partial charge in [0.05, 0.1) is 37.6 Å². The zero-order valence-corrected chi connectivity index (χ0v) is 21.1. The van der Waals surface area contributed by atoms with Gasteiger partial charge in [0.2, 0.25) is 0 Å².